The number of ether oxygens (including phenoxy) is 4. The van der Waals surface area contributed by atoms with Gasteiger partial charge in [-0.2, -0.15) is 0 Å². The van der Waals surface area contributed by atoms with Crippen molar-refractivity contribution in [3.63, 3.8) is 0 Å². The number of aliphatic hydroxyl groups excluding tert-OH is 1. The van der Waals surface area contributed by atoms with Crippen molar-refractivity contribution in [3.8, 4) is 39.9 Å². The molecule has 0 atom stereocenters. The Morgan fingerprint density at radius 2 is 1.35 bits per heavy atom. The van der Waals surface area contributed by atoms with Gasteiger partial charge in [-0.15, -0.1) is 0 Å². The highest BCUT2D eigenvalue weighted by atomic mass is 16.5. The molecule has 0 saturated heterocycles. The van der Waals surface area contributed by atoms with Crippen molar-refractivity contribution in [3.05, 3.63) is 101 Å². The minimum absolute atomic E-state index is 0.0406. The predicted molar refractivity (Wildman–Crippen MR) is 143 cm³/mol. The van der Waals surface area contributed by atoms with Crippen LogP contribution in [0.3, 0.4) is 0 Å². The molecule has 0 bridgehead atoms. The lowest BCUT2D eigenvalue weighted by atomic mass is 9.93. The largest absolute Gasteiger partial charge is 0.497 e. The standard InChI is InChI=1S/C31H30O6/c1-34-26-12-14-27(28-13-7-22(19-32)16-30(28)36-3)24(18-26)9-4-21-5-10-25(11-6-21)37-31-17-23(20-33)8-15-29(31)35-2/h5-8,10-18,20,32H,4,9,19H2,1-3H3. The van der Waals surface area contributed by atoms with E-state index in [2.05, 4.69) is 6.07 Å². The summed E-state index contributed by atoms with van der Waals surface area (Å²) < 4.78 is 22.4. The van der Waals surface area contributed by atoms with Gasteiger partial charge in [0.05, 0.1) is 27.9 Å². The van der Waals surface area contributed by atoms with Gasteiger partial charge in [0, 0.05) is 11.1 Å². The van der Waals surface area contributed by atoms with E-state index in [0.29, 0.717) is 28.6 Å². The Morgan fingerprint density at radius 1 is 0.649 bits per heavy atom. The molecule has 0 radical (unpaired) electrons. The quantitative estimate of drug-likeness (QED) is 0.246. The Morgan fingerprint density at radius 3 is 2.03 bits per heavy atom. The molecule has 0 heterocycles. The van der Waals surface area contributed by atoms with Gasteiger partial charge < -0.3 is 24.1 Å². The van der Waals surface area contributed by atoms with E-state index in [4.69, 9.17) is 18.9 Å². The number of hydrogen-bond acceptors (Lipinski definition) is 6. The van der Waals surface area contributed by atoms with E-state index in [1.807, 2.05) is 54.6 Å². The Labute approximate surface area is 217 Å². The highest BCUT2D eigenvalue weighted by Gasteiger charge is 2.13. The summed E-state index contributed by atoms with van der Waals surface area (Å²) in [7, 11) is 4.86. The minimum Gasteiger partial charge on any atom is -0.497 e. The Kier molecular flexibility index (Phi) is 8.44. The minimum atomic E-state index is -0.0406. The Bertz CT molecular complexity index is 1360. The maximum atomic E-state index is 11.1. The summed E-state index contributed by atoms with van der Waals surface area (Å²) in [6.45, 7) is -0.0406. The number of aldehydes is 1. The fourth-order valence-electron chi connectivity index (χ4n) is 4.20. The zero-order valence-corrected chi connectivity index (χ0v) is 21.2. The first-order valence-corrected chi connectivity index (χ1v) is 11.9. The normalized spacial score (nSPS) is 10.6. The highest BCUT2D eigenvalue weighted by Crippen LogP contribution is 2.36. The van der Waals surface area contributed by atoms with Crippen LogP contribution in [0.25, 0.3) is 11.1 Å². The van der Waals surface area contributed by atoms with Gasteiger partial charge >= 0.3 is 0 Å². The van der Waals surface area contributed by atoms with Crippen LogP contribution < -0.4 is 18.9 Å². The number of carbonyl (C=O) groups excluding carboxylic acids is 1. The summed E-state index contributed by atoms with van der Waals surface area (Å²) in [4.78, 5) is 11.1. The van der Waals surface area contributed by atoms with E-state index < -0.39 is 0 Å². The maximum Gasteiger partial charge on any atom is 0.169 e. The zero-order valence-electron chi connectivity index (χ0n) is 21.2. The smallest absolute Gasteiger partial charge is 0.169 e. The van der Waals surface area contributed by atoms with Crippen molar-refractivity contribution in [2.24, 2.45) is 0 Å². The van der Waals surface area contributed by atoms with Gasteiger partial charge in [0.2, 0.25) is 0 Å². The molecule has 6 nitrogen and oxygen atoms in total. The van der Waals surface area contributed by atoms with Gasteiger partial charge in [-0.1, -0.05) is 30.3 Å². The number of aliphatic hydroxyl groups is 1. The predicted octanol–water partition coefficient (Wildman–Crippen LogP) is 6.26. The topological polar surface area (TPSA) is 74.2 Å². The van der Waals surface area contributed by atoms with E-state index in [1.54, 1.807) is 39.5 Å². The van der Waals surface area contributed by atoms with Crippen molar-refractivity contribution in [2.75, 3.05) is 21.3 Å². The number of carbonyl (C=O) groups is 1. The first-order valence-electron chi connectivity index (χ1n) is 11.9. The van der Waals surface area contributed by atoms with Gasteiger partial charge in [0.25, 0.3) is 0 Å². The average Bonchev–Trinajstić information content (AvgIpc) is 2.96. The third-order valence-electron chi connectivity index (χ3n) is 6.21. The van der Waals surface area contributed by atoms with Gasteiger partial charge in [-0.3, -0.25) is 4.79 Å². The molecule has 190 valence electrons. The molecule has 37 heavy (non-hydrogen) atoms. The van der Waals surface area contributed by atoms with Crippen LogP contribution in [-0.4, -0.2) is 32.7 Å². The van der Waals surface area contributed by atoms with Crippen molar-refractivity contribution in [1.82, 2.24) is 0 Å². The molecule has 0 aromatic heterocycles. The number of rotatable bonds is 11. The van der Waals surface area contributed by atoms with Gasteiger partial charge in [0.1, 0.15) is 23.5 Å². The third-order valence-corrected chi connectivity index (χ3v) is 6.21. The van der Waals surface area contributed by atoms with E-state index in [0.717, 1.165) is 52.7 Å². The van der Waals surface area contributed by atoms with Crippen molar-refractivity contribution >= 4 is 6.29 Å². The van der Waals surface area contributed by atoms with Crippen molar-refractivity contribution < 1.29 is 28.8 Å². The van der Waals surface area contributed by atoms with Crippen molar-refractivity contribution in [2.45, 2.75) is 19.4 Å². The maximum absolute atomic E-state index is 11.1. The molecule has 0 saturated carbocycles. The molecular formula is C31H30O6. The van der Waals surface area contributed by atoms with E-state index in [1.165, 1.54) is 0 Å². The summed E-state index contributed by atoms with van der Waals surface area (Å²) in [5.41, 5.74) is 5.62. The van der Waals surface area contributed by atoms with Crippen LogP contribution in [0.5, 0.6) is 28.7 Å². The summed E-state index contributed by atoms with van der Waals surface area (Å²) in [5, 5.41) is 9.50. The summed E-state index contributed by atoms with van der Waals surface area (Å²) in [5.74, 6) is 3.21. The molecule has 0 spiro atoms. The molecule has 1 N–H and O–H groups in total. The van der Waals surface area contributed by atoms with Crippen LogP contribution in [0.4, 0.5) is 0 Å². The highest BCUT2D eigenvalue weighted by molar-refractivity contribution is 5.76. The lowest BCUT2D eigenvalue weighted by Gasteiger charge is -2.16. The van der Waals surface area contributed by atoms with Crippen LogP contribution in [0, 0.1) is 0 Å². The number of benzene rings is 4. The lowest BCUT2D eigenvalue weighted by molar-refractivity contribution is 0.112. The monoisotopic (exact) mass is 498 g/mol. The number of hydrogen-bond donors (Lipinski definition) is 1. The van der Waals surface area contributed by atoms with Gasteiger partial charge in [-0.25, -0.2) is 0 Å². The Balaban J connectivity index is 1.54. The molecule has 4 aromatic carbocycles. The second kappa shape index (κ2) is 12.1. The lowest BCUT2D eigenvalue weighted by Crippen LogP contribution is -1.98. The Hall–Kier alpha value is -4.29. The molecule has 0 fully saturated rings. The first-order chi connectivity index (χ1) is 18.1. The van der Waals surface area contributed by atoms with Crippen LogP contribution in [-0.2, 0) is 19.4 Å². The molecule has 0 aliphatic carbocycles. The number of methoxy groups -OCH3 is 3. The van der Waals surface area contributed by atoms with Crippen LogP contribution in [0.1, 0.15) is 27.0 Å². The summed E-state index contributed by atoms with van der Waals surface area (Å²) in [6, 6.07) is 24.7. The SMILES string of the molecule is COc1ccc(-c2ccc(CO)cc2OC)c(CCc2ccc(Oc3cc(C=O)ccc3OC)cc2)c1. The molecule has 0 aliphatic rings. The second-order valence-electron chi connectivity index (χ2n) is 8.49. The zero-order chi connectivity index (χ0) is 26.2. The fourth-order valence-corrected chi connectivity index (χ4v) is 4.20. The first kappa shape index (κ1) is 25.8. The van der Waals surface area contributed by atoms with E-state index in [9.17, 15) is 9.90 Å². The van der Waals surface area contributed by atoms with Crippen LogP contribution in [0.2, 0.25) is 0 Å². The fraction of sp³-hybridized carbons (Fsp3) is 0.194. The molecule has 0 aliphatic heterocycles. The summed E-state index contributed by atoms with van der Waals surface area (Å²) >= 11 is 0. The van der Waals surface area contributed by atoms with E-state index in [-0.39, 0.29) is 6.61 Å². The third kappa shape index (κ3) is 6.11. The number of aryl methyl sites for hydroxylation is 2. The van der Waals surface area contributed by atoms with Gasteiger partial charge in [0.15, 0.2) is 11.5 Å². The molecule has 4 aromatic rings. The molecular weight excluding hydrogens is 468 g/mol. The van der Waals surface area contributed by atoms with Crippen molar-refractivity contribution in [1.29, 1.82) is 0 Å². The van der Waals surface area contributed by atoms with E-state index >= 15 is 0 Å². The van der Waals surface area contributed by atoms with Gasteiger partial charge in [-0.05, 0) is 83.6 Å². The van der Waals surface area contributed by atoms with Crippen LogP contribution in [0.15, 0.2) is 78.9 Å². The van der Waals surface area contributed by atoms with Crippen LogP contribution >= 0.6 is 0 Å². The average molecular weight is 499 g/mol. The molecule has 0 amide bonds. The summed E-state index contributed by atoms with van der Waals surface area (Å²) in [6.07, 6.45) is 2.37. The molecule has 0 unspecified atom stereocenters. The molecule has 4 rings (SSSR count). The molecule has 6 heteroatoms. The second-order valence-corrected chi connectivity index (χ2v) is 8.49.